The topological polar surface area (TPSA) is 49.8 Å². The fourth-order valence-electron chi connectivity index (χ4n) is 1.95. The van der Waals surface area contributed by atoms with Crippen LogP contribution in [0.1, 0.15) is 25.3 Å². The van der Waals surface area contributed by atoms with Crippen LogP contribution in [0.25, 0.3) is 0 Å². The zero-order chi connectivity index (χ0) is 11.2. The molecule has 0 amide bonds. The number of anilines is 1. The summed E-state index contributed by atoms with van der Waals surface area (Å²) >= 11 is 0. The van der Waals surface area contributed by atoms with E-state index < -0.39 is 0 Å². The van der Waals surface area contributed by atoms with E-state index in [4.69, 9.17) is 0 Å². The van der Waals surface area contributed by atoms with Crippen LogP contribution in [-0.4, -0.2) is 29.6 Å². The lowest BCUT2D eigenvalue weighted by Crippen LogP contribution is -2.31. The summed E-state index contributed by atoms with van der Waals surface area (Å²) in [6, 6.07) is 0. The van der Waals surface area contributed by atoms with Crippen LogP contribution >= 0.6 is 0 Å². The fraction of sp³-hybridized carbons (Fsp3) is 0.667. The van der Waals surface area contributed by atoms with Crippen molar-refractivity contribution in [2.75, 3.05) is 25.0 Å². The first-order chi connectivity index (χ1) is 7.88. The van der Waals surface area contributed by atoms with Crippen LogP contribution < -0.4 is 10.6 Å². The Morgan fingerprint density at radius 1 is 1.31 bits per heavy atom. The molecule has 0 aromatic carbocycles. The highest BCUT2D eigenvalue weighted by molar-refractivity contribution is 5.24. The lowest BCUT2D eigenvalue weighted by molar-refractivity contribution is 0.389. The van der Waals surface area contributed by atoms with Gasteiger partial charge in [0, 0.05) is 18.9 Å². The molecule has 0 saturated carbocycles. The molecule has 1 aromatic heterocycles. The highest BCUT2D eigenvalue weighted by Gasteiger charge is 2.12. The molecule has 1 saturated heterocycles. The predicted octanol–water partition coefficient (Wildman–Crippen LogP) is 1.45. The Bertz CT molecular complexity index is 303. The molecule has 0 unspecified atom stereocenters. The summed E-state index contributed by atoms with van der Waals surface area (Å²) in [5, 5.41) is 6.68. The van der Waals surface area contributed by atoms with Gasteiger partial charge in [0.1, 0.15) is 0 Å². The van der Waals surface area contributed by atoms with E-state index in [0.717, 1.165) is 37.9 Å². The lowest BCUT2D eigenvalue weighted by atomic mass is 9.98. The molecule has 2 N–H and O–H groups in total. The van der Waals surface area contributed by atoms with Crippen LogP contribution in [0.5, 0.6) is 0 Å². The van der Waals surface area contributed by atoms with Gasteiger partial charge in [-0.3, -0.25) is 0 Å². The highest BCUT2D eigenvalue weighted by atomic mass is 15.1. The van der Waals surface area contributed by atoms with Crippen LogP contribution in [0.2, 0.25) is 0 Å². The van der Waals surface area contributed by atoms with Crippen LogP contribution in [0.15, 0.2) is 12.4 Å². The van der Waals surface area contributed by atoms with Crippen LogP contribution in [0.4, 0.5) is 5.95 Å². The molecule has 0 spiro atoms. The van der Waals surface area contributed by atoms with E-state index in [2.05, 4.69) is 27.5 Å². The van der Waals surface area contributed by atoms with E-state index in [-0.39, 0.29) is 0 Å². The Balaban J connectivity index is 1.79. The summed E-state index contributed by atoms with van der Waals surface area (Å²) in [6.07, 6.45) is 7.30. The molecule has 4 heteroatoms. The number of nitrogens with one attached hydrogen (secondary N) is 2. The first-order valence-electron chi connectivity index (χ1n) is 6.14. The van der Waals surface area contributed by atoms with Crippen molar-refractivity contribution >= 4 is 5.95 Å². The first-order valence-corrected chi connectivity index (χ1v) is 6.14. The minimum Gasteiger partial charge on any atom is -0.354 e. The normalized spacial score (nSPS) is 17.3. The zero-order valence-electron chi connectivity index (χ0n) is 9.87. The maximum atomic E-state index is 4.30. The van der Waals surface area contributed by atoms with Gasteiger partial charge in [-0.05, 0) is 43.8 Å². The maximum absolute atomic E-state index is 4.30. The molecule has 0 radical (unpaired) electrons. The number of hydrogen-bond acceptors (Lipinski definition) is 4. The number of aromatic nitrogens is 2. The number of piperidine rings is 1. The zero-order valence-corrected chi connectivity index (χ0v) is 9.87. The summed E-state index contributed by atoms with van der Waals surface area (Å²) < 4.78 is 0. The quantitative estimate of drug-likeness (QED) is 0.806. The summed E-state index contributed by atoms with van der Waals surface area (Å²) in [5.41, 5.74) is 1.19. The van der Waals surface area contributed by atoms with Gasteiger partial charge in [0.15, 0.2) is 0 Å². The second kappa shape index (κ2) is 5.80. The number of rotatable bonds is 4. The van der Waals surface area contributed by atoms with Gasteiger partial charge in [-0.15, -0.1) is 0 Å². The first kappa shape index (κ1) is 11.3. The molecule has 4 nitrogen and oxygen atoms in total. The second-order valence-corrected chi connectivity index (χ2v) is 4.34. The van der Waals surface area contributed by atoms with Crippen molar-refractivity contribution in [1.82, 2.24) is 15.3 Å². The average Bonchev–Trinajstić information content (AvgIpc) is 2.38. The average molecular weight is 220 g/mol. The highest BCUT2D eigenvalue weighted by Crippen LogP contribution is 2.11. The van der Waals surface area contributed by atoms with Crippen molar-refractivity contribution in [3.63, 3.8) is 0 Å². The molecule has 1 aliphatic rings. The molecule has 0 aliphatic carbocycles. The SMILES string of the molecule is CCc1cnc(NCC2CCNCC2)nc1. The van der Waals surface area contributed by atoms with Crippen LogP contribution in [0.3, 0.4) is 0 Å². The monoisotopic (exact) mass is 220 g/mol. The van der Waals surface area contributed by atoms with Crippen molar-refractivity contribution in [3.8, 4) is 0 Å². The van der Waals surface area contributed by atoms with Gasteiger partial charge in [-0.25, -0.2) is 9.97 Å². The Hall–Kier alpha value is -1.16. The van der Waals surface area contributed by atoms with Crippen LogP contribution in [-0.2, 0) is 6.42 Å². The minimum absolute atomic E-state index is 0.760. The third kappa shape index (κ3) is 3.17. The minimum atomic E-state index is 0.760. The molecule has 88 valence electrons. The van der Waals surface area contributed by atoms with E-state index in [1.54, 1.807) is 0 Å². The fourth-order valence-corrected chi connectivity index (χ4v) is 1.95. The van der Waals surface area contributed by atoms with E-state index >= 15 is 0 Å². The van der Waals surface area contributed by atoms with Gasteiger partial charge in [-0.1, -0.05) is 6.92 Å². The molecule has 1 fully saturated rings. The Kier molecular flexibility index (Phi) is 4.10. The number of nitrogens with zero attached hydrogens (tertiary/aromatic N) is 2. The molecule has 0 bridgehead atoms. The third-order valence-corrected chi connectivity index (χ3v) is 3.12. The molecule has 2 heterocycles. The van der Waals surface area contributed by atoms with Gasteiger partial charge >= 0.3 is 0 Å². The third-order valence-electron chi connectivity index (χ3n) is 3.12. The van der Waals surface area contributed by atoms with E-state index in [1.807, 2.05) is 12.4 Å². The van der Waals surface area contributed by atoms with Gasteiger partial charge < -0.3 is 10.6 Å². The van der Waals surface area contributed by atoms with Crippen molar-refractivity contribution in [1.29, 1.82) is 0 Å². The number of hydrogen-bond donors (Lipinski definition) is 2. The molecule has 0 atom stereocenters. The molecule has 1 aromatic rings. The van der Waals surface area contributed by atoms with Crippen molar-refractivity contribution in [2.24, 2.45) is 5.92 Å². The summed E-state index contributed by atoms with van der Waals surface area (Å²) in [5.74, 6) is 1.52. The second-order valence-electron chi connectivity index (χ2n) is 4.34. The lowest BCUT2D eigenvalue weighted by Gasteiger charge is -2.22. The molecule has 1 aliphatic heterocycles. The smallest absolute Gasteiger partial charge is 0.222 e. The molecular formula is C12H20N4. The number of aryl methyl sites for hydroxylation is 1. The van der Waals surface area contributed by atoms with Crippen molar-refractivity contribution in [3.05, 3.63) is 18.0 Å². The van der Waals surface area contributed by atoms with Gasteiger partial charge in [0.05, 0.1) is 0 Å². The van der Waals surface area contributed by atoms with E-state index in [1.165, 1.54) is 18.4 Å². The maximum Gasteiger partial charge on any atom is 0.222 e. The van der Waals surface area contributed by atoms with Crippen molar-refractivity contribution in [2.45, 2.75) is 26.2 Å². The standard InChI is InChI=1S/C12H20N4/c1-2-10-7-14-12(15-8-10)16-9-11-3-5-13-6-4-11/h7-8,11,13H,2-6,9H2,1H3,(H,14,15,16). The van der Waals surface area contributed by atoms with E-state index in [9.17, 15) is 0 Å². The van der Waals surface area contributed by atoms with Gasteiger partial charge in [-0.2, -0.15) is 0 Å². The van der Waals surface area contributed by atoms with Crippen LogP contribution in [0, 0.1) is 5.92 Å². The molecule has 16 heavy (non-hydrogen) atoms. The van der Waals surface area contributed by atoms with Gasteiger partial charge in [0.2, 0.25) is 5.95 Å². The summed E-state index contributed by atoms with van der Waals surface area (Å²) in [7, 11) is 0. The van der Waals surface area contributed by atoms with Gasteiger partial charge in [0.25, 0.3) is 0 Å². The molecule has 2 rings (SSSR count). The Morgan fingerprint density at radius 2 is 2.00 bits per heavy atom. The summed E-state index contributed by atoms with van der Waals surface area (Å²) in [6.45, 7) is 5.39. The Morgan fingerprint density at radius 3 is 2.62 bits per heavy atom. The largest absolute Gasteiger partial charge is 0.354 e. The van der Waals surface area contributed by atoms with E-state index in [0.29, 0.717) is 0 Å². The predicted molar refractivity (Wildman–Crippen MR) is 65.5 cm³/mol. The molecular weight excluding hydrogens is 200 g/mol. The summed E-state index contributed by atoms with van der Waals surface area (Å²) in [4.78, 5) is 8.59. The Labute approximate surface area is 96.9 Å². The van der Waals surface area contributed by atoms with Crippen molar-refractivity contribution < 1.29 is 0 Å².